The van der Waals surface area contributed by atoms with E-state index in [1.165, 1.54) is 0 Å². The Labute approximate surface area is 118 Å². The van der Waals surface area contributed by atoms with E-state index in [0.29, 0.717) is 6.42 Å². The van der Waals surface area contributed by atoms with Gasteiger partial charge in [-0.15, -0.1) is 0 Å². The van der Waals surface area contributed by atoms with Gasteiger partial charge in [0.1, 0.15) is 11.8 Å². The van der Waals surface area contributed by atoms with E-state index in [1.54, 1.807) is 7.11 Å². The molecule has 0 aromatic heterocycles. The van der Waals surface area contributed by atoms with Gasteiger partial charge in [0.2, 0.25) is 0 Å². The van der Waals surface area contributed by atoms with Gasteiger partial charge in [0.05, 0.1) is 7.11 Å². The summed E-state index contributed by atoms with van der Waals surface area (Å²) in [6.07, 6.45) is 1.39. The molecule has 20 heavy (non-hydrogen) atoms. The number of fused-ring (bicyclic) bond motifs is 1. The first kappa shape index (κ1) is 14.3. The van der Waals surface area contributed by atoms with Crippen molar-refractivity contribution in [2.24, 2.45) is 0 Å². The standard InChI is InChI=1S/C16H19NO3/c1-20-15-10-9-12(11-5-2-3-6-13(11)15)14(17)7-4-8-16(18)19/h2-3,5-6,9-10,14H,4,7-8,17H2,1H3,(H,18,19)/t14-/m1/s1. The number of benzene rings is 2. The summed E-state index contributed by atoms with van der Waals surface area (Å²) < 4.78 is 5.37. The van der Waals surface area contributed by atoms with E-state index in [1.807, 2.05) is 36.4 Å². The van der Waals surface area contributed by atoms with Gasteiger partial charge in [0.25, 0.3) is 0 Å². The number of methoxy groups -OCH3 is 1. The van der Waals surface area contributed by atoms with Gasteiger partial charge in [-0.25, -0.2) is 0 Å². The number of rotatable bonds is 6. The number of carboxylic acids is 1. The maximum absolute atomic E-state index is 10.5. The second-order valence-electron chi connectivity index (χ2n) is 4.86. The highest BCUT2D eigenvalue weighted by molar-refractivity contribution is 5.91. The molecule has 0 bridgehead atoms. The maximum Gasteiger partial charge on any atom is 0.126 e. The van der Waals surface area contributed by atoms with E-state index < -0.39 is 5.97 Å². The van der Waals surface area contributed by atoms with Crippen LogP contribution in [-0.4, -0.2) is 13.1 Å². The predicted octanol–water partition coefficient (Wildman–Crippen LogP) is 1.05. The van der Waals surface area contributed by atoms with Gasteiger partial charge < -0.3 is 20.4 Å². The van der Waals surface area contributed by atoms with E-state index in [2.05, 4.69) is 5.73 Å². The first-order valence-electron chi connectivity index (χ1n) is 6.72. The van der Waals surface area contributed by atoms with Crippen molar-refractivity contribution in [1.29, 1.82) is 0 Å². The molecule has 1 atom stereocenters. The predicted molar refractivity (Wildman–Crippen MR) is 75.0 cm³/mol. The molecule has 2 aromatic rings. The number of ether oxygens (including phenoxy) is 1. The molecule has 106 valence electrons. The molecule has 3 N–H and O–H groups in total. The number of carbonyl (C=O) groups excluding carboxylic acids is 1. The molecule has 0 unspecified atom stereocenters. The molecule has 0 aliphatic heterocycles. The lowest BCUT2D eigenvalue weighted by atomic mass is 9.95. The average Bonchev–Trinajstić information content (AvgIpc) is 2.45. The van der Waals surface area contributed by atoms with Gasteiger partial charge >= 0.3 is 0 Å². The minimum absolute atomic E-state index is 0.0603. The zero-order valence-electron chi connectivity index (χ0n) is 11.6. The van der Waals surface area contributed by atoms with Crippen molar-refractivity contribution < 1.29 is 20.4 Å². The second-order valence-corrected chi connectivity index (χ2v) is 4.86. The van der Waals surface area contributed by atoms with E-state index >= 15 is 0 Å². The zero-order valence-corrected chi connectivity index (χ0v) is 11.6. The number of hydrogen-bond acceptors (Lipinski definition) is 3. The molecule has 0 amide bonds. The average molecular weight is 273 g/mol. The minimum atomic E-state index is -1.00. The van der Waals surface area contributed by atoms with Gasteiger partial charge in [-0.1, -0.05) is 24.3 Å². The van der Waals surface area contributed by atoms with Crippen molar-refractivity contribution in [3.05, 3.63) is 42.0 Å². The van der Waals surface area contributed by atoms with E-state index in [4.69, 9.17) is 4.74 Å². The molecular formula is C16H19NO3. The molecule has 0 aliphatic carbocycles. The summed E-state index contributed by atoms with van der Waals surface area (Å²) in [5.41, 5.74) is 5.28. The van der Waals surface area contributed by atoms with Crippen molar-refractivity contribution in [2.75, 3.05) is 7.11 Å². The third-order valence-electron chi connectivity index (χ3n) is 3.51. The van der Waals surface area contributed by atoms with Crippen LogP contribution in [0.2, 0.25) is 0 Å². The maximum atomic E-state index is 10.5. The highest BCUT2D eigenvalue weighted by Crippen LogP contribution is 2.31. The van der Waals surface area contributed by atoms with Crippen LogP contribution in [0.1, 0.15) is 30.9 Å². The van der Waals surface area contributed by atoms with Crippen LogP contribution in [0, 0.1) is 0 Å². The van der Waals surface area contributed by atoms with E-state index in [-0.39, 0.29) is 12.5 Å². The summed E-state index contributed by atoms with van der Waals surface area (Å²) in [4.78, 5) is 10.5. The van der Waals surface area contributed by atoms with Crippen LogP contribution >= 0.6 is 0 Å². The Morgan fingerprint density at radius 1 is 1.25 bits per heavy atom. The third-order valence-corrected chi connectivity index (χ3v) is 3.51. The molecule has 0 heterocycles. The number of hydrogen-bond donors (Lipinski definition) is 1. The van der Waals surface area contributed by atoms with Gasteiger partial charge in [-0.3, -0.25) is 0 Å². The van der Waals surface area contributed by atoms with Crippen LogP contribution in [0.3, 0.4) is 0 Å². The summed E-state index contributed by atoms with van der Waals surface area (Å²) in [5, 5.41) is 12.6. The first-order valence-corrected chi connectivity index (χ1v) is 6.72. The van der Waals surface area contributed by atoms with Crippen molar-refractivity contribution in [1.82, 2.24) is 0 Å². The molecular weight excluding hydrogens is 254 g/mol. The van der Waals surface area contributed by atoms with Crippen LogP contribution in [0.5, 0.6) is 5.75 Å². The normalized spacial score (nSPS) is 12.3. The number of carbonyl (C=O) groups is 1. The quantitative estimate of drug-likeness (QED) is 0.854. The number of carboxylic acid groups (broad SMARTS) is 1. The smallest absolute Gasteiger partial charge is 0.126 e. The Bertz CT molecular complexity index is 610. The molecule has 0 fully saturated rings. The van der Waals surface area contributed by atoms with Crippen LogP contribution < -0.4 is 15.6 Å². The highest BCUT2D eigenvalue weighted by atomic mass is 16.5. The summed E-state index contributed by atoms with van der Waals surface area (Å²) in [6, 6.07) is 12.0. The van der Waals surface area contributed by atoms with Crippen LogP contribution in [-0.2, 0) is 4.79 Å². The lowest BCUT2D eigenvalue weighted by Gasteiger charge is -2.14. The summed E-state index contributed by atoms with van der Waals surface area (Å²) >= 11 is 0. The fourth-order valence-corrected chi connectivity index (χ4v) is 2.48. The topological polar surface area (TPSA) is 77.0 Å². The fraction of sp³-hybridized carbons (Fsp3) is 0.312. The molecule has 4 nitrogen and oxygen atoms in total. The second kappa shape index (κ2) is 6.39. The SMILES string of the molecule is COc1ccc([C@H]([NH3+])CCCC(=O)[O-])c2ccccc12. The van der Waals surface area contributed by atoms with Crippen molar-refractivity contribution in [3.63, 3.8) is 0 Å². The summed E-state index contributed by atoms with van der Waals surface area (Å²) in [5.74, 6) is -0.164. The number of quaternary nitrogens is 1. The van der Waals surface area contributed by atoms with Crippen LogP contribution in [0.25, 0.3) is 10.8 Å². The lowest BCUT2D eigenvalue weighted by molar-refractivity contribution is -0.427. The molecule has 4 heteroatoms. The molecule has 2 rings (SSSR count). The van der Waals surface area contributed by atoms with Crippen LogP contribution in [0.15, 0.2) is 36.4 Å². The van der Waals surface area contributed by atoms with Gasteiger partial charge in [0, 0.05) is 23.3 Å². The van der Waals surface area contributed by atoms with Gasteiger partial charge in [-0.2, -0.15) is 0 Å². The van der Waals surface area contributed by atoms with E-state index in [0.717, 1.165) is 28.5 Å². The fourth-order valence-electron chi connectivity index (χ4n) is 2.48. The molecule has 2 aromatic carbocycles. The molecule has 0 saturated heterocycles. The first-order chi connectivity index (χ1) is 9.63. The molecule has 0 radical (unpaired) electrons. The Kier molecular flexibility index (Phi) is 4.58. The Hall–Kier alpha value is -2.07. The van der Waals surface area contributed by atoms with Crippen molar-refractivity contribution >= 4 is 16.7 Å². The largest absolute Gasteiger partial charge is 0.550 e. The van der Waals surface area contributed by atoms with E-state index in [9.17, 15) is 9.90 Å². The number of aliphatic carboxylic acids is 1. The molecule has 0 spiro atoms. The lowest BCUT2D eigenvalue weighted by Crippen LogP contribution is -2.53. The van der Waals surface area contributed by atoms with Crippen molar-refractivity contribution in [3.8, 4) is 5.75 Å². The van der Waals surface area contributed by atoms with Gasteiger partial charge in [-0.05, 0) is 30.4 Å². The summed E-state index contributed by atoms with van der Waals surface area (Å²) in [7, 11) is 1.66. The Morgan fingerprint density at radius 3 is 2.60 bits per heavy atom. The minimum Gasteiger partial charge on any atom is -0.550 e. The zero-order chi connectivity index (χ0) is 14.5. The monoisotopic (exact) mass is 273 g/mol. The molecule has 0 saturated carbocycles. The Balaban J connectivity index is 2.28. The Morgan fingerprint density at radius 2 is 1.95 bits per heavy atom. The molecule has 0 aliphatic rings. The van der Waals surface area contributed by atoms with Crippen molar-refractivity contribution in [2.45, 2.75) is 25.3 Å². The summed E-state index contributed by atoms with van der Waals surface area (Å²) in [6.45, 7) is 0. The third kappa shape index (κ3) is 3.08. The van der Waals surface area contributed by atoms with Crippen LogP contribution in [0.4, 0.5) is 0 Å². The van der Waals surface area contributed by atoms with Gasteiger partial charge in [0.15, 0.2) is 0 Å². The highest BCUT2D eigenvalue weighted by Gasteiger charge is 2.14.